The third kappa shape index (κ3) is 5.33. The van der Waals surface area contributed by atoms with E-state index in [1.165, 1.54) is 0 Å². The average Bonchev–Trinajstić information content (AvgIpc) is 2.74. The first-order valence-electron chi connectivity index (χ1n) is 9.98. The van der Waals surface area contributed by atoms with Crippen LogP contribution in [0.1, 0.15) is 37.0 Å². The van der Waals surface area contributed by atoms with Crippen molar-refractivity contribution < 1.29 is 9.53 Å². The van der Waals surface area contributed by atoms with E-state index in [2.05, 4.69) is 24.1 Å². The number of nitrogens with one attached hydrogen (secondary N) is 1. The summed E-state index contributed by atoms with van der Waals surface area (Å²) in [6.07, 6.45) is 2.02. The van der Waals surface area contributed by atoms with Gasteiger partial charge in [0.15, 0.2) is 0 Å². The van der Waals surface area contributed by atoms with Crippen molar-refractivity contribution in [2.24, 2.45) is 0 Å². The smallest absolute Gasteiger partial charge is 0.264 e. The number of carbonyl (C=O) groups excluding carboxylic acids is 1. The lowest BCUT2D eigenvalue weighted by Gasteiger charge is -2.23. The highest BCUT2D eigenvalue weighted by Gasteiger charge is 2.12. The molecule has 0 radical (unpaired) electrons. The summed E-state index contributed by atoms with van der Waals surface area (Å²) in [5.74, 6) is 0.475. The minimum absolute atomic E-state index is 0.158. The highest BCUT2D eigenvalue weighted by Crippen LogP contribution is 2.24. The molecule has 150 valence electrons. The second-order valence-electron chi connectivity index (χ2n) is 6.86. The van der Waals surface area contributed by atoms with Crippen LogP contribution in [-0.2, 0) is 0 Å². The van der Waals surface area contributed by atoms with Crippen molar-refractivity contribution in [2.45, 2.75) is 26.7 Å². The van der Waals surface area contributed by atoms with E-state index in [0.29, 0.717) is 16.5 Å². The fourth-order valence-corrected chi connectivity index (χ4v) is 3.48. The normalized spacial score (nSPS) is 10.6. The van der Waals surface area contributed by atoms with Gasteiger partial charge in [0, 0.05) is 29.7 Å². The molecule has 5 heteroatoms. The summed E-state index contributed by atoms with van der Waals surface area (Å²) in [6.45, 7) is 5.99. The summed E-state index contributed by atoms with van der Waals surface area (Å²) in [5, 5.41) is 5.58. The first-order valence-corrected chi connectivity index (χ1v) is 10.4. The maximum Gasteiger partial charge on any atom is 0.264 e. The molecule has 0 spiro atoms. The Morgan fingerprint density at radius 2 is 1.59 bits per heavy atom. The van der Waals surface area contributed by atoms with Crippen molar-refractivity contribution in [3.8, 4) is 5.75 Å². The molecule has 3 rings (SSSR count). The van der Waals surface area contributed by atoms with Crippen molar-refractivity contribution >= 4 is 39.8 Å². The Kier molecular flexibility index (Phi) is 7.19. The molecule has 0 saturated heterocycles. The fraction of sp³-hybridized carbons (Fsp3) is 0.250. The molecule has 3 aromatic carbocycles. The molecule has 0 aliphatic heterocycles. The summed E-state index contributed by atoms with van der Waals surface area (Å²) >= 11 is 5.43. The zero-order valence-electron chi connectivity index (χ0n) is 16.9. The molecule has 0 aliphatic carbocycles. The van der Waals surface area contributed by atoms with E-state index >= 15 is 0 Å². The van der Waals surface area contributed by atoms with E-state index in [1.54, 1.807) is 24.3 Å². The van der Waals surface area contributed by atoms with Crippen molar-refractivity contribution in [1.82, 2.24) is 4.90 Å². The third-order valence-corrected chi connectivity index (χ3v) is 4.95. The number of fused-ring (bicyclic) bond motifs is 1. The SMILES string of the molecule is CCCN(CCC)C(=S)Oc1ccc(C(=O)Nc2cccc3ccccc23)cc1. The first kappa shape index (κ1) is 20.8. The second kappa shape index (κ2) is 10.0. The molecular formula is C24H26N2O2S. The van der Waals surface area contributed by atoms with Crippen LogP contribution in [0.15, 0.2) is 66.7 Å². The first-order chi connectivity index (χ1) is 14.1. The molecule has 0 atom stereocenters. The Hall–Kier alpha value is -2.92. The largest absolute Gasteiger partial charge is 0.432 e. The predicted molar refractivity (Wildman–Crippen MR) is 124 cm³/mol. The maximum atomic E-state index is 12.7. The molecule has 0 unspecified atom stereocenters. The number of amides is 1. The van der Waals surface area contributed by atoms with Crippen LogP contribution >= 0.6 is 12.2 Å². The minimum Gasteiger partial charge on any atom is -0.432 e. The molecule has 4 nitrogen and oxygen atoms in total. The Labute approximate surface area is 177 Å². The van der Waals surface area contributed by atoms with E-state index in [0.717, 1.165) is 42.4 Å². The number of nitrogens with zero attached hydrogens (tertiary/aromatic N) is 1. The van der Waals surface area contributed by atoms with Crippen molar-refractivity contribution in [1.29, 1.82) is 0 Å². The van der Waals surface area contributed by atoms with Gasteiger partial charge in [-0.15, -0.1) is 0 Å². The molecular weight excluding hydrogens is 380 g/mol. The lowest BCUT2D eigenvalue weighted by Crippen LogP contribution is -2.34. The fourth-order valence-electron chi connectivity index (χ4n) is 3.20. The number of carbonyl (C=O) groups is 1. The molecule has 0 aliphatic rings. The van der Waals surface area contributed by atoms with Gasteiger partial charge in [-0.25, -0.2) is 0 Å². The van der Waals surface area contributed by atoms with Gasteiger partial charge in [0.25, 0.3) is 11.1 Å². The topological polar surface area (TPSA) is 41.6 Å². The van der Waals surface area contributed by atoms with Crippen LogP contribution in [0, 0.1) is 0 Å². The third-order valence-electron chi connectivity index (χ3n) is 4.60. The number of anilines is 1. The van der Waals surface area contributed by atoms with Crippen LogP contribution in [-0.4, -0.2) is 29.1 Å². The van der Waals surface area contributed by atoms with Crippen molar-refractivity contribution in [3.63, 3.8) is 0 Å². The molecule has 1 amide bonds. The molecule has 0 fully saturated rings. The molecule has 0 heterocycles. The molecule has 0 bridgehead atoms. The monoisotopic (exact) mass is 406 g/mol. The Bertz CT molecular complexity index is 974. The van der Waals surface area contributed by atoms with Crippen LogP contribution in [0.3, 0.4) is 0 Å². The number of hydrogen-bond donors (Lipinski definition) is 1. The van der Waals surface area contributed by atoms with Gasteiger partial charge in [0.2, 0.25) is 0 Å². The molecule has 0 saturated carbocycles. The van der Waals surface area contributed by atoms with Gasteiger partial charge in [-0.2, -0.15) is 0 Å². The summed E-state index contributed by atoms with van der Waals surface area (Å²) in [6, 6.07) is 20.9. The quantitative estimate of drug-likeness (QED) is 0.498. The van der Waals surface area contributed by atoms with Crippen LogP contribution in [0.5, 0.6) is 5.75 Å². The van der Waals surface area contributed by atoms with Gasteiger partial charge in [-0.1, -0.05) is 50.2 Å². The zero-order valence-corrected chi connectivity index (χ0v) is 17.7. The van der Waals surface area contributed by atoms with Gasteiger partial charge < -0.3 is 15.0 Å². The summed E-state index contributed by atoms with van der Waals surface area (Å²) in [7, 11) is 0. The van der Waals surface area contributed by atoms with Gasteiger partial charge in [-0.05, 0) is 60.8 Å². The van der Waals surface area contributed by atoms with Crippen LogP contribution in [0.4, 0.5) is 5.69 Å². The van der Waals surface area contributed by atoms with E-state index in [1.807, 2.05) is 42.5 Å². The number of rotatable bonds is 7. The summed E-state index contributed by atoms with van der Waals surface area (Å²) < 4.78 is 5.82. The molecule has 3 aromatic rings. The van der Waals surface area contributed by atoms with Gasteiger partial charge in [0.1, 0.15) is 5.75 Å². The lowest BCUT2D eigenvalue weighted by molar-refractivity contribution is 0.102. The zero-order chi connectivity index (χ0) is 20.6. The van der Waals surface area contributed by atoms with E-state index in [-0.39, 0.29) is 5.91 Å². The number of hydrogen-bond acceptors (Lipinski definition) is 3. The minimum atomic E-state index is -0.158. The Morgan fingerprint density at radius 3 is 2.28 bits per heavy atom. The average molecular weight is 407 g/mol. The van der Waals surface area contributed by atoms with Crippen LogP contribution in [0.25, 0.3) is 10.8 Å². The van der Waals surface area contributed by atoms with E-state index in [4.69, 9.17) is 17.0 Å². The number of benzene rings is 3. The number of ether oxygens (including phenoxy) is 1. The van der Waals surface area contributed by atoms with E-state index < -0.39 is 0 Å². The lowest BCUT2D eigenvalue weighted by atomic mass is 10.1. The number of thiocarbonyl (C=S) groups is 1. The maximum absolute atomic E-state index is 12.7. The van der Waals surface area contributed by atoms with Gasteiger partial charge in [0.05, 0.1) is 0 Å². The standard InChI is InChI=1S/C24H26N2O2S/c1-3-16-26(17-4-2)24(29)28-20-14-12-19(13-15-20)23(27)25-22-11-7-9-18-8-5-6-10-21(18)22/h5-15H,3-4,16-17H2,1-2H3,(H,25,27). The Morgan fingerprint density at radius 1 is 0.931 bits per heavy atom. The highest BCUT2D eigenvalue weighted by atomic mass is 32.1. The van der Waals surface area contributed by atoms with E-state index in [9.17, 15) is 4.79 Å². The van der Waals surface area contributed by atoms with Crippen molar-refractivity contribution in [3.05, 3.63) is 72.3 Å². The highest BCUT2D eigenvalue weighted by molar-refractivity contribution is 7.80. The Balaban J connectivity index is 1.68. The molecule has 29 heavy (non-hydrogen) atoms. The van der Waals surface area contributed by atoms with Crippen molar-refractivity contribution in [2.75, 3.05) is 18.4 Å². The summed E-state index contributed by atoms with van der Waals surface area (Å²) in [4.78, 5) is 14.7. The summed E-state index contributed by atoms with van der Waals surface area (Å²) in [5.41, 5.74) is 1.36. The second-order valence-corrected chi connectivity index (χ2v) is 7.21. The molecule has 1 N–H and O–H groups in total. The van der Waals surface area contributed by atoms with Gasteiger partial charge >= 0.3 is 0 Å². The van der Waals surface area contributed by atoms with Crippen LogP contribution in [0.2, 0.25) is 0 Å². The van der Waals surface area contributed by atoms with Gasteiger partial charge in [-0.3, -0.25) is 4.79 Å². The van der Waals surface area contributed by atoms with Crippen LogP contribution < -0.4 is 10.1 Å². The molecule has 0 aromatic heterocycles. The predicted octanol–water partition coefficient (Wildman–Crippen LogP) is 5.88.